The molecule has 0 unspecified atom stereocenters. The summed E-state index contributed by atoms with van der Waals surface area (Å²) in [4.78, 5) is 0. The minimum Gasteiger partial charge on any atom is -0.403 e. The van der Waals surface area contributed by atoms with Crippen LogP contribution in [0.25, 0.3) is 0 Å². The van der Waals surface area contributed by atoms with Gasteiger partial charge in [0.15, 0.2) is 11.6 Å². The summed E-state index contributed by atoms with van der Waals surface area (Å²) in [5.74, 6) is -1.79. The molecule has 0 spiro atoms. The third-order valence-corrected chi connectivity index (χ3v) is 1.96. The lowest BCUT2D eigenvalue weighted by molar-refractivity contribution is -0.275. The van der Waals surface area contributed by atoms with Gasteiger partial charge in [0.2, 0.25) is 0 Å². The second kappa shape index (κ2) is 4.55. The van der Waals surface area contributed by atoms with E-state index in [-0.39, 0.29) is 5.41 Å². The Kier molecular flexibility index (Phi) is 3.69. The molecule has 17 heavy (non-hydrogen) atoms. The molecule has 0 amide bonds. The van der Waals surface area contributed by atoms with Gasteiger partial charge < -0.3 is 4.74 Å². The standard InChI is InChI=1S/C12H14F4O/c1-11(2,3)7-8-4-5-10(9(13)6-8)17-12(14,15)16/h4-6H,7H2,1-3H3. The highest BCUT2D eigenvalue weighted by molar-refractivity contribution is 5.30. The quantitative estimate of drug-likeness (QED) is 0.710. The summed E-state index contributed by atoms with van der Waals surface area (Å²) in [6.45, 7) is 5.89. The van der Waals surface area contributed by atoms with Gasteiger partial charge >= 0.3 is 6.36 Å². The lowest BCUT2D eigenvalue weighted by atomic mass is 9.88. The van der Waals surface area contributed by atoms with E-state index in [2.05, 4.69) is 4.74 Å². The first-order valence-electron chi connectivity index (χ1n) is 5.11. The fourth-order valence-corrected chi connectivity index (χ4v) is 1.47. The highest BCUT2D eigenvalue weighted by Gasteiger charge is 2.32. The first-order chi connectivity index (χ1) is 7.57. The van der Waals surface area contributed by atoms with Crippen LogP contribution in [0.2, 0.25) is 0 Å². The van der Waals surface area contributed by atoms with Gasteiger partial charge in [-0.15, -0.1) is 13.2 Å². The molecule has 1 nitrogen and oxygen atoms in total. The highest BCUT2D eigenvalue weighted by Crippen LogP contribution is 2.28. The zero-order valence-electron chi connectivity index (χ0n) is 9.86. The Hall–Kier alpha value is -1.26. The zero-order valence-corrected chi connectivity index (χ0v) is 9.86. The third kappa shape index (κ3) is 5.06. The van der Waals surface area contributed by atoms with E-state index in [9.17, 15) is 17.6 Å². The molecule has 5 heteroatoms. The Morgan fingerprint density at radius 1 is 1.12 bits per heavy atom. The van der Waals surface area contributed by atoms with Crippen molar-refractivity contribution in [2.45, 2.75) is 33.6 Å². The van der Waals surface area contributed by atoms with Crippen molar-refractivity contribution in [3.05, 3.63) is 29.6 Å². The number of hydrogen-bond acceptors (Lipinski definition) is 1. The predicted molar refractivity (Wildman–Crippen MR) is 56.2 cm³/mol. The minimum absolute atomic E-state index is 0.0567. The average Bonchev–Trinajstić information content (AvgIpc) is 2.05. The predicted octanol–water partition coefficient (Wildman–Crippen LogP) is 4.31. The van der Waals surface area contributed by atoms with Gasteiger partial charge in [-0.25, -0.2) is 4.39 Å². The molecule has 0 saturated heterocycles. The normalized spacial score (nSPS) is 12.6. The lowest BCUT2D eigenvalue weighted by Gasteiger charge is -2.18. The Bertz CT molecular complexity index is 390. The monoisotopic (exact) mass is 250 g/mol. The van der Waals surface area contributed by atoms with E-state index in [4.69, 9.17) is 0 Å². The number of halogens is 4. The molecule has 0 aromatic heterocycles. The van der Waals surface area contributed by atoms with Crippen LogP contribution in [-0.2, 0) is 6.42 Å². The van der Waals surface area contributed by atoms with Crippen LogP contribution in [0.3, 0.4) is 0 Å². The zero-order chi connectivity index (χ0) is 13.3. The van der Waals surface area contributed by atoms with Gasteiger partial charge in [-0.3, -0.25) is 0 Å². The van der Waals surface area contributed by atoms with Gasteiger partial charge in [-0.05, 0) is 29.5 Å². The molecule has 96 valence electrons. The lowest BCUT2D eigenvalue weighted by Crippen LogP contribution is -2.18. The summed E-state index contributed by atoms with van der Waals surface area (Å²) in [6.07, 6.45) is -4.29. The number of benzene rings is 1. The van der Waals surface area contributed by atoms with Crippen LogP contribution in [0.5, 0.6) is 5.75 Å². The first kappa shape index (κ1) is 13.8. The number of rotatable bonds is 2. The van der Waals surface area contributed by atoms with Crippen LogP contribution in [0.4, 0.5) is 17.6 Å². The van der Waals surface area contributed by atoms with E-state index in [0.29, 0.717) is 12.0 Å². The Morgan fingerprint density at radius 2 is 1.71 bits per heavy atom. The van der Waals surface area contributed by atoms with Crippen molar-refractivity contribution < 1.29 is 22.3 Å². The summed E-state index contributed by atoms with van der Waals surface area (Å²) >= 11 is 0. The van der Waals surface area contributed by atoms with Crippen LogP contribution in [0.15, 0.2) is 18.2 Å². The SMILES string of the molecule is CC(C)(C)Cc1ccc(OC(F)(F)F)c(F)c1. The van der Waals surface area contributed by atoms with Crippen LogP contribution < -0.4 is 4.74 Å². The van der Waals surface area contributed by atoms with E-state index < -0.39 is 17.9 Å². The topological polar surface area (TPSA) is 9.23 Å². The van der Waals surface area contributed by atoms with Crippen LogP contribution in [0.1, 0.15) is 26.3 Å². The maximum absolute atomic E-state index is 13.3. The van der Waals surface area contributed by atoms with Gasteiger partial charge in [-0.1, -0.05) is 26.8 Å². The van der Waals surface area contributed by atoms with Crippen molar-refractivity contribution in [2.75, 3.05) is 0 Å². The largest absolute Gasteiger partial charge is 0.573 e. The molecule has 0 aliphatic carbocycles. The van der Waals surface area contributed by atoms with Crippen molar-refractivity contribution in [3.8, 4) is 5.75 Å². The molecule has 1 aromatic carbocycles. The van der Waals surface area contributed by atoms with E-state index in [1.807, 2.05) is 20.8 Å². The van der Waals surface area contributed by atoms with Crippen molar-refractivity contribution >= 4 is 0 Å². The second-order valence-electron chi connectivity index (χ2n) is 5.05. The third-order valence-electron chi connectivity index (χ3n) is 1.96. The number of hydrogen-bond donors (Lipinski definition) is 0. The highest BCUT2D eigenvalue weighted by atomic mass is 19.4. The van der Waals surface area contributed by atoms with Crippen LogP contribution in [0, 0.1) is 11.2 Å². The van der Waals surface area contributed by atoms with Gasteiger partial charge in [0.05, 0.1) is 0 Å². The van der Waals surface area contributed by atoms with E-state index in [1.165, 1.54) is 6.07 Å². The van der Waals surface area contributed by atoms with Crippen LogP contribution in [-0.4, -0.2) is 6.36 Å². The number of ether oxygens (including phenoxy) is 1. The average molecular weight is 250 g/mol. The van der Waals surface area contributed by atoms with E-state index in [0.717, 1.165) is 12.1 Å². The van der Waals surface area contributed by atoms with E-state index >= 15 is 0 Å². The number of alkyl halides is 3. The van der Waals surface area contributed by atoms with Crippen molar-refractivity contribution in [2.24, 2.45) is 5.41 Å². The maximum atomic E-state index is 13.3. The van der Waals surface area contributed by atoms with Gasteiger partial charge in [0.1, 0.15) is 0 Å². The fourth-order valence-electron chi connectivity index (χ4n) is 1.47. The van der Waals surface area contributed by atoms with Gasteiger partial charge in [0, 0.05) is 0 Å². The summed E-state index contributed by atoms with van der Waals surface area (Å²) in [6, 6.07) is 3.52. The van der Waals surface area contributed by atoms with Crippen molar-refractivity contribution in [3.63, 3.8) is 0 Å². The summed E-state index contributed by atoms with van der Waals surface area (Å²) in [7, 11) is 0. The first-order valence-corrected chi connectivity index (χ1v) is 5.11. The Balaban J connectivity index is 2.87. The van der Waals surface area contributed by atoms with E-state index in [1.54, 1.807) is 0 Å². The molecule has 0 atom stereocenters. The molecule has 0 N–H and O–H groups in total. The molecule has 0 aliphatic heterocycles. The second-order valence-corrected chi connectivity index (χ2v) is 5.05. The Labute approximate surface area is 97.4 Å². The summed E-state index contributed by atoms with van der Waals surface area (Å²) in [5, 5.41) is 0. The minimum atomic E-state index is -4.87. The molecule has 1 rings (SSSR count). The Morgan fingerprint density at radius 3 is 2.12 bits per heavy atom. The molecular weight excluding hydrogens is 236 g/mol. The molecular formula is C12H14F4O. The molecule has 0 radical (unpaired) electrons. The fraction of sp³-hybridized carbons (Fsp3) is 0.500. The summed E-state index contributed by atoms with van der Waals surface area (Å²) in [5.41, 5.74) is 0.586. The van der Waals surface area contributed by atoms with Crippen LogP contribution >= 0.6 is 0 Å². The molecule has 0 heterocycles. The summed E-state index contributed by atoms with van der Waals surface area (Å²) < 4.78 is 52.6. The smallest absolute Gasteiger partial charge is 0.403 e. The molecule has 0 fully saturated rings. The molecule has 1 aromatic rings. The maximum Gasteiger partial charge on any atom is 0.573 e. The molecule has 0 bridgehead atoms. The van der Waals surface area contributed by atoms with Crippen molar-refractivity contribution in [1.82, 2.24) is 0 Å². The van der Waals surface area contributed by atoms with Gasteiger partial charge in [-0.2, -0.15) is 0 Å². The molecule has 0 saturated carbocycles. The molecule has 0 aliphatic rings. The van der Waals surface area contributed by atoms with Crippen molar-refractivity contribution in [1.29, 1.82) is 0 Å². The van der Waals surface area contributed by atoms with Gasteiger partial charge in [0.25, 0.3) is 0 Å².